The lowest BCUT2D eigenvalue weighted by molar-refractivity contribution is 0.802. The number of fused-ring (bicyclic) bond motifs is 3. The fraction of sp³-hybridized carbons (Fsp3) is 0.167. The van der Waals surface area contributed by atoms with Crippen LogP contribution in [0.15, 0.2) is 54.9 Å². The molecule has 0 saturated carbocycles. The fourth-order valence-electron chi connectivity index (χ4n) is 2.80. The van der Waals surface area contributed by atoms with Crippen LogP contribution >= 0.6 is 11.6 Å². The summed E-state index contributed by atoms with van der Waals surface area (Å²) < 4.78 is 1.91. The van der Waals surface area contributed by atoms with Gasteiger partial charge >= 0.3 is 0 Å². The van der Waals surface area contributed by atoms with Crippen LogP contribution in [0.2, 0.25) is 5.02 Å². The Morgan fingerprint density at radius 2 is 2.00 bits per heavy atom. The van der Waals surface area contributed by atoms with E-state index in [9.17, 15) is 0 Å². The minimum atomic E-state index is 0.358. The van der Waals surface area contributed by atoms with Crippen LogP contribution in [0.25, 0.3) is 16.7 Å². The first-order chi connectivity index (χ1) is 11.7. The normalized spacial score (nSPS) is 12.6. The lowest BCUT2D eigenvalue weighted by Gasteiger charge is -2.14. The molecule has 5 nitrogen and oxygen atoms in total. The van der Waals surface area contributed by atoms with Gasteiger partial charge in [-0.05, 0) is 29.7 Å². The second-order valence-electron chi connectivity index (χ2n) is 5.81. The van der Waals surface area contributed by atoms with E-state index in [1.807, 2.05) is 28.7 Å². The smallest absolute Gasteiger partial charge is 0.203 e. The predicted molar refractivity (Wildman–Crippen MR) is 96.6 cm³/mol. The van der Waals surface area contributed by atoms with E-state index in [1.54, 1.807) is 6.33 Å². The molecule has 4 aromatic rings. The molecule has 6 heteroatoms. The molecule has 0 unspecified atom stereocenters. The largest absolute Gasteiger partial charge is 0.366 e. The zero-order valence-corrected chi connectivity index (χ0v) is 13.9. The number of rotatable bonds is 4. The van der Waals surface area contributed by atoms with Gasteiger partial charge in [-0.1, -0.05) is 48.9 Å². The molecule has 24 heavy (non-hydrogen) atoms. The molecule has 0 bridgehead atoms. The van der Waals surface area contributed by atoms with Gasteiger partial charge in [-0.25, -0.2) is 4.98 Å². The summed E-state index contributed by atoms with van der Waals surface area (Å²) in [7, 11) is 0. The average Bonchev–Trinajstić information content (AvgIpc) is 3.10. The SMILES string of the molecule is C[C@H](CNc1nc2ccc(Cl)cc2n2cnnc12)c1ccccc1. The van der Waals surface area contributed by atoms with E-state index in [0.717, 1.165) is 23.4 Å². The van der Waals surface area contributed by atoms with Crippen LogP contribution in [-0.2, 0) is 0 Å². The van der Waals surface area contributed by atoms with Crippen molar-refractivity contribution in [2.24, 2.45) is 0 Å². The zero-order chi connectivity index (χ0) is 16.5. The molecule has 2 aromatic heterocycles. The number of benzene rings is 2. The number of hydrogen-bond donors (Lipinski definition) is 1. The summed E-state index contributed by atoms with van der Waals surface area (Å²) >= 11 is 6.10. The molecule has 2 aromatic carbocycles. The molecule has 0 fully saturated rings. The third-order valence-electron chi connectivity index (χ3n) is 4.13. The molecule has 0 aliphatic carbocycles. The van der Waals surface area contributed by atoms with Gasteiger partial charge in [-0.2, -0.15) is 0 Å². The summed E-state index contributed by atoms with van der Waals surface area (Å²) in [4.78, 5) is 4.69. The highest BCUT2D eigenvalue weighted by molar-refractivity contribution is 6.31. The van der Waals surface area contributed by atoms with Gasteiger partial charge in [0.2, 0.25) is 5.65 Å². The van der Waals surface area contributed by atoms with Gasteiger partial charge in [0, 0.05) is 11.6 Å². The molecule has 0 amide bonds. The second kappa shape index (κ2) is 6.09. The summed E-state index contributed by atoms with van der Waals surface area (Å²) in [5, 5.41) is 12.3. The van der Waals surface area contributed by atoms with Crippen LogP contribution in [0.5, 0.6) is 0 Å². The zero-order valence-electron chi connectivity index (χ0n) is 13.1. The van der Waals surface area contributed by atoms with Crippen molar-refractivity contribution in [1.29, 1.82) is 0 Å². The molecular weight excluding hydrogens is 322 g/mol. The quantitative estimate of drug-likeness (QED) is 0.608. The molecule has 0 spiro atoms. The third-order valence-corrected chi connectivity index (χ3v) is 4.37. The summed E-state index contributed by atoms with van der Waals surface area (Å²) in [6, 6.07) is 16.0. The Morgan fingerprint density at radius 1 is 1.17 bits per heavy atom. The molecule has 0 aliphatic heterocycles. The predicted octanol–water partition coefficient (Wildman–Crippen LogP) is 4.15. The van der Waals surface area contributed by atoms with Crippen LogP contribution in [0.1, 0.15) is 18.4 Å². The van der Waals surface area contributed by atoms with Gasteiger partial charge in [0.05, 0.1) is 11.0 Å². The molecule has 0 saturated heterocycles. The van der Waals surface area contributed by atoms with Gasteiger partial charge < -0.3 is 5.32 Å². The minimum Gasteiger partial charge on any atom is -0.366 e. The maximum atomic E-state index is 6.10. The number of anilines is 1. The molecule has 0 radical (unpaired) electrons. The topological polar surface area (TPSA) is 55.1 Å². The average molecular weight is 338 g/mol. The first-order valence-electron chi connectivity index (χ1n) is 7.80. The van der Waals surface area contributed by atoms with Gasteiger partial charge in [0.1, 0.15) is 6.33 Å². The first-order valence-corrected chi connectivity index (χ1v) is 8.18. The Balaban J connectivity index is 1.68. The highest BCUT2D eigenvalue weighted by Gasteiger charge is 2.12. The van der Waals surface area contributed by atoms with Crippen molar-refractivity contribution in [3.05, 3.63) is 65.4 Å². The third kappa shape index (κ3) is 2.67. The molecule has 2 heterocycles. The standard InChI is InChI=1S/C18H16ClN5/c1-12(13-5-3-2-4-6-13)10-20-17-18-23-21-11-24(18)16-9-14(19)7-8-15(16)22-17/h2-9,11-12H,10H2,1H3,(H,20,22)/t12-/m1/s1. The molecule has 4 rings (SSSR count). The molecule has 1 N–H and O–H groups in total. The van der Waals surface area contributed by atoms with E-state index in [0.29, 0.717) is 16.6 Å². The van der Waals surface area contributed by atoms with Gasteiger partial charge in [-0.3, -0.25) is 4.40 Å². The van der Waals surface area contributed by atoms with E-state index >= 15 is 0 Å². The van der Waals surface area contributed by atoms with E-state index in [1.165, 1.54) is 5.56 Å². The van der Waals surface area contributed by atoms with Crippen LogP contribution in [0.4, 0.5) is 5.82 Å². The number of halogens is 1. The Hall–Kier alpha value is -2.66. The van der Waals surface area contributed by atoms with Crippen molar-refractivity contribution in [1.82, 2.24) is 19.6 Å². The monoisotopic (exact) mass is 337 g/mol. The Labute approximate surface area is 144 Å². The molecule has 120 valence electrons. The number of aromatic nitrogens is 4. The molecular formula is C18H16ClN5. The first kappa shape index (κ1) is 14.9. The Bertz CT molecular complexity index is 996. The summed E-state index contributed by atoms with van der Waals surface area (Å²) in [5.41, 5.74) is 3.73. The van der Waals surface area contributed by atoms with Gasteiger partial charge in [-0.15, -0.1) is 10.2 Å². The Kier molecular flexibility index (Phi) is 3.78. The van der Waals surface area contributed by atoms with E-state index in [-0.39, 0.29) is 0 Å². The number of nitrogens with one attached hydrogen (secondary N) is 1. The van der Waals surface area contributed by atoms with Crippen LogP contribution in [0.3, 0.4) is 0 Å². The van der Waals surface area contributed by atoms with Crippen molar-refractivity contribution in [2.75, 3.05) is 11.9 Å². The van der Waals surface area contributed by atoms with Crippen molar-refractivity contribution >= 4 is 34.1 Å². The van der Waals surface area contributed by atoms with Crippen molar-refractivity contribution in [3.63, 3.8) is 0 Å². The maximum absolute atomic E-state index is 6.10. The fourth-order valence-corrected chi connectivity index (χ4v) is 2.96. The van der Waals surface area contributed by atoms with Gasteiger partial charge in [0.25, 0.3) is 0 Å². The summed E-state index contributed by atoms with van der Waals surface area (Å²) in [6.45, 7) is 2.95. The van der Waals surface area contributed by atoms with Crippen molar-refractivity contribution < 1.29 is 0 Å². The molecule has 0 aliphatic rings. The second-order valence-corrected chi connectivity index (χ2v) is 6.25. The Morgan fingerprint density at radius 3 is 2.83 bits per heavy atom. The number of nitrogens with zero attached hydrogens (tertiary/aromatic N) is 4. The summed E-state index contributed by atoms with van der Waals surface area (Å²) in [6.07, 6.45) is 1.68. The number of hydrogen-bond acceptors (Lipinski definition) is 4. The van der Waals surface area contributed by atoms with Crippen LogP contribution in [-0.4, -0.2) is 26.1 Å². The van der Waals surface area contributed by atoms with Crippen molar-refractivity contribution in [3.8, 4) is 0 Å². The highest BCUT2D eigenvalue weighted by atomic mass is 35.5. The van der Waals surface area contributed by atoms with Crippen LogP contribution < -0.4 is 5.32 Å². The van der Waals surface area contributed by atoms with Gasteiger partial charge in [0.15, 0.2) is 5.82 Å². The van der Waals surface area contributed by atoms with Crippen molar-refractivity contribution in [2.45, 2.75) is 12.8 Å². The molecule has 1 atom stereocenters. The lowest BCUT2D eigenvalue weighted by atomic mass is 10.0. The summed E-state index contributed by atoms with van der Waals surface area (Å²) in [5.74, 6) is 1.09. The van der Waals surface area contributed by atoms with E-state index in [4.69, 9.17) is 11.6 Å². The van der Waals surface area contributed by atoms with E-state index < -0.39 is 0 Å². The van der Waals surface area contributed by atoms with E-state index in [2.05, 4.69) is 51.7 Å². The minimum absolute atomic E-state index is 0.358. The lowest BCUT2D eigenvalue weighted by Crippen LogP contribution is -2.12. The highest BCUT2D eigenvalue weighted by Crippen LogP contribution is 2.24. The maximum Gasteiger partial charge on any atom is 0.203 e. The van der Waals surface area contributed by atoms with Crippen LogP contribution in [0, 0.1) is 0 Å².